The predicted octanol–water partition coefficient (Wildman–Crippen LogP) is 2.20. The Labute approximate surface area is 134 Å². The summed E-state index contributed by atoms with van der Waals surface area (Å²) in [5.41, 5.74) is 7.51. The molecule has 6 heteroatoms. The largest absolute Gasteiger partial charge is 0.454 e. The second-order valence-corrected chi connectivity index (χ2v) is 6.81. The Bertz CT molecular complexity index is 645. The molecule has 1 fully saturated rings. The summed E-state index contributed by atoms with van der Waals surface area (Å²) in [5, 5.41) is 0. The van der Waals surface area contributed by atoms with Crippen LogP contribution in [0.4, 0.5) is 0 Å². The molecule has 1 aliphatic carbocycles. The molecular formula is C16H19NO4S. The fourth-order valence-electron chi connectivity index (χ4n) is 3.36. The van der Waals surface area contributed by atoms with E-state index in [1.54, 1.807) is 0 Å². The topological polar surface area (TPSA) is 62.9 Å². The molecule has 0 saturated carbocycles. The van der Waals surface area contributed by atoms with Gasteiger partial charge < -0.3 is 24.7 Å². The van der Waals surface area contributed by atoms with Crippen molar-refractivity contribution in [3.63, 3.8) is 0 Å². The Morgan fingerprint density at radius 1 is 1.18 bits per heavy atom. The zero-order valence-electron chi connectivity index (χ0n) is 12.5. The highest BCUT2D eigenvalue weighted by Crippen LogP contribution is 2.43. The molecule has 4 rings (SSSR count). The minimum atomic E-state index is -0.601. The number of thiol groups is 1. The van der Waals surface area contributed by atoms with Crippen LogP contribution in [0.5, 0.6) is 11.5 Å². The third-order valence-electron chi connectivity index (χ3n) is 4.33. The van der Waals surface area contributed by atoms with E-state index in [9.17, 15) is 0 Å². The van der Waals surface area contributed by atoms with E-state index in [2.05, 4.69) is 18.7 Å². The summed E-state index contributed by atoms with van der Waals surface area (Å²) in [7, 11) is 0. The van der Waals surface area contributed by atoms with E-state index in [1.165, 1.54) is 0 Å². The van der Waals surface area contributed by atoms with Crippen LogP contribution >= 0.6 is 12.6 Å². The van der Waals surface area contributed by atoms with Gasteiger partial charge in [-0.2, -0.15) is 0 Å². The lowest BCUT2D eigenvalue weighted by molar-refractivity contribution is -0.144. The summed E-state index contributed by atoms with van der Waals surface area (Å²) in [4.78, 5) is 0.761. The van der Waals surface area contributed by atoms with Crippen LogP contribution in [0.2, 0.25) is 0 Å². The normalized spacial score (nSPS) is 34.7. The molecule has 118 valence electrons. The summed E-state index contributed by atoms with van der Waals surface area (Å²) in [5.74, 6) is 0.837. The highest BCUT2D eigenvalue weighted by atomic mass is 32.1. The maximum atomic E-state index is 6.46. The monoisotopic (exact) mass is 321 g/mol. The lowest BCUT2D eigenvalue weighted by Gasteiger charge is -2.32. The first-order chi connectivity index (χ1) is 10.4. The van der Waals surface area contributed by atoms with E-state index in [-0.39, 0.29) is 31.0 Å². The highest BCUT2D eigenvalue weighted by Gasteiger charge is 2.47. The van der Waals surface area contributed by atoms with Crippen molar-refractivity contribution in [2.45, 2.75) is 48.7 Å². The molecular weight excluding hydrogens is 302 g/mol. The van der Waals surface area contributed by atoms with Gasteiger partial charge in [0.1, 0.15) is 12.2 Å². The van der Waals surface area contributed by atoms with Gasteiger partial charge in [-0.1, -0.05) is 12.2 Å². The first-order valence-corrected chi connectivity index (χ1v) is 7.81. The molecule has 0 aromatic heterocycles. The lowest BCUT2D eigenvalue weighted by atomic mass is 9.82. The Morgan fingerprint density at radius 3 is 2.82 bits per heavy atom. The van der Waals surface area contributed by atoms with Crippen LogP contribution in [-0.2, 0) is 9.47 Å². The minimum absolute atomic E-state index is 0.0270. The summed E-state index contributed by atoms with van der Waals surface area (Å²) in [6.45, 7) is 4.05. The van der Waals surface area contributed by atoms with Crippen LogP contribution in [0.3, 0.4) is 0 Å². The van der Waals surface area contributed by atoms with Crippen molar-refractivity contribution in [1.82, 2.24) is 0 Å². The van der Waals surface area contributed by atoms with Gasteiger partial charge in [0.2, 0.25) is 6.79 Å². The van der Waals surface area contributed by atoms with Crippen molar-refractivity contribution < 1.29 is 18.9 Å². The molecule has 22 heavy (non-hydrogen) atoms. The van der Waals surface area contributed by atoms with Gasteiger partial charge in [0.25, 0.3) is 0 Å². The van der Waals surface area contributed by atoms with Gasteiger partial charge in [0.05, 0.1) is 4.90 Å². The maximum absolute atomic E-state index is 6.46. The molecule has 1 saturated heterocycles. The molecule has 0 radical (unpaired) electrons. The van der Waals surface area contributed by atoms with Crippen molar-refractivity contribution in [3.05, 3.63) is 29.8 Å². The number of rotatable bonds is 1. The molecule has 2 aliphatic heterocycles. The second-order valence-electron chi connectivity index (χ2n) is 6.33. The average Bonchev–Trinajstić information content (AvgIpc) is 3.02. The number of ether oxygens (including phenoxy) is 4. The predicted molar refractivity (Wildman–Crippen MR) is 83.5 cm³/mol. The maximum Gasteiger partial charge on any atom is 0.231 e. The van der Waals surface area contributed by atoms with Crippen LogP contribution in [0.25, 0.3) is 0 Å². The standard InChI is InChI=1S/C16H19NO4S/c1-16(2)20-10-4-3-9(13(17)15(10)21-16)8-5-11-14(12(22)6-8)19-7-18-11/h3-6,9-10,13,15,22H,7,17H2,1-2H3/t9-,10-,13-,15-/m1/s1. The molecule has 3 aliphatic rings. The van der Waals surface area contributed by atoms with E-state index in [0.717, 1.165) is 10.5 Å². The molecule has 1 aromatic rings. The van der Waals surface area contributed by atoms with Crippen LogP contribution in [-0.4, -0.2) is 30.8 Å². The van der Waals surface area contributed by atoms with E-state index in [0.29, 0.717) is 11.5 Å². The summed E-state index contributed by atoms with van der Waals surface area (Å²) < 4.78 is 22.7. The third kappa shape index (κ3) is 2.22. The molecule has 2 N–H and O–H groups in total. The molecule has 5 nitrogen and oxygen atoms in total. The van der Waals surface area contributed by atoms with Crippen molar-refractivity contribution in [2.24, 2.45) is 5.73 Å². The fraction of sp³-hybridized carbons (Fsp3) is 0.500. The number of hydrogen-bond acceptors (Lipinski definition) is 6. The molecule has 0 bridgehead atoms. The van der Waals surface area contributed by atoms with Crippen molar-refractivity contribution >= 4 is 12.6 Å². The van der Waals surface area contributed by atoms with E-state index >= 15 is 0 Å². The minimum Gasteiger partial charge on any atom is -0.454 e. The number of hydrogen-bond donors (Lipinski definition) is 2. The Morgan fingerprint density at radius 2 is 2.00 bits per heavy atom. The van der Waals surface area contributed by atoms with Crippen molar-refractivity contribution in [1.29, 1.82) is 0 Å². The van der Waals surface area contributed by atoms with Crippen molar-refractivity contribution in [3.8, 4) is 11.5 Å². The van der Waals surface area contributed by atoms with Crippen molar-refractivity contribution in [2.75, 3.05) is 6.79 Å². The quantitative estimate of drug-likeness (QED) is 0.613. The van der Waals surface area contributed by atoms with Crippen LogP contribution in [0.15, 0.2) is 29.2 Å². The smallest absolute Gasteiger partial charge is 0.231 e. The lowest BCUT2D eigenvalue weighted by Crippen LogP contribution is -2.47. The molecule has 0 unspecified atom stereocenters. The number of fused-ring (bicyclic) bond motifs is 2. The third-order valence-corrected chi connectivity index (χ3v) is 4.66. The highest BCUT2D eigenvalue weighted by molar-refractivity contribution is 7.80. The summed E-state index contributed by atoms with van der Waals surface area (Å²) in [6, 6.07) is 3.76. The Kier molecular flexibility index (Phi) is 3.20. The zero-order valence-corrected chi connectivity index (χ0v) is 13.4. The Balaban J connectivity index is 1.67. The first kappa shape index (κ1) is 14.4. The summed E-state index contributed by atoms with van der Waals surface area (Å²) >= 11 is 4.48. The van der Waals surface area contributed by atoms with Crippen LogP contribution in [0.1, 0.15) is 25.3 Å². The van der Waals surface area contributed by atoms with Gasteiger partial charge in [-0.05, 0) is 31.5 Å². The fourth-order valence-corrected chi connectivity index (χ4v) is 3.69. The molecule has 0 amide bonds. The number of nitrogens with two attached hydrogens (primary N) is 1. The van der Waals surface area contributed by atoms with Crippen LogP contribution < -0.4 is 15.2 Å². The molecule has 1 aromatic carbocycles. The second kappa shape index (κ2) is 4.89. The van der Waals surface area contributed by atoms with E-state index in [4.69, 9.17) is 24.7 Å². The van der Waals surface area contributed by atoms with Gasteiger partial charge in [0.15, 0.2) is 17.3 Å². The molecule has 2 heterocycles. The average molecular weight is 321 g/mol. The summed E-state index contributed by atoms with van der Waals surface area (Å²) in [6.07, 6.45) is 3.88. The SMILES string of the molecule is CC1(C)O[C@H]2[C@H](N)[C@@H](c3cc(S)c4c(c3)OCO4)C=C[C@H]2O1. The molecule has 0 spiro atoms. The van der Waals surface area contributed by atoms with Crippen LogP contribution in [0, 0.1) is 0 Å². The molecule has 4 atom stereocenters. The van der Waals surface area contributed by atoms with Gasteiger partial charge in [-0.3, -0.25) is 0 Å². The first-order valence-electron chi connectivity index (χ1n) is 7.37. The van der Waals surface area contributed by atoms with Gasteiger partial charge in [0, 0.05) is 12.0 Å². The zero-order chi connectivity index (χ0) is 15.5. The van der Waals surface area contributed by atoms with Gasteiger partial charge >= 0.3 is 0 Å². The Hall–Kier alpha value is -1.21. The van der Waals surface area contributed by atoms with Gasteiger partial charge in [-0.15, -0.1) is 12.6 Å². The van der Waals surface area contributed by atoms with E-state index in [1.807, 2.05) is 32.1 Å². The van der Waals surface area contributed by atoms with Gasteiger partial charge in [-0.25, -0.2) is 0 Å². The number of benzene rings is 1. The van der Waals surface area contributed by atoms with E-state index < -0.39 is 5.79 Å².